The summed E-state index contributed by atoms with van der Waals surface area (Å²) in [5.74, 6) is -0.145. The molecule has 2 atom stereocenters. The first-order chi connectivity index (χ1) is 11.1. The molecule has 0 unspecified atom stereocenters. The summed E-state index contributed by atoms with van der Waals surface area (Å²) in [5, 5.41) is 0. The monoisotopic (exact) mass is 316 g/mol. The highest BCUT2D eigenvalue weighted by Crippen LogP contribution is 2.32. The Hall–Kier alpha value is -2.04. The molecule has 0 bridgehead atoms. The number of aryl methyl sites for hydroxylation is 1. The third kappa shape index (κ3) is 3.66. The highest BCUT2D eigenvalue weighted by Gasteiger charge is 2.29. The van der Waals surface area contributed by atoms with E-state index in [1.165, 1.54) is 16.0 Å². The summed E-state index contributed by atoms with van der Waals surface area (Å²) in [6.07, 6.45) is 4.87. The van der Waals surface area contributed by atoms with Crippen molar-refractivity contribution in [2.75, 3.05) is 19.7 Å². The normalized spacial score (nSPS) is 23.9. The van der Waals surface area contributed by atoms with Crippen LogP contribution in [0.15, 0.2) is 24.3 Å². The summed E-state index contributed by atoms with van der Waals surface area (Å²) in [5.41, 5.74) is 7.99. The predicted molar refractivity (Wildman–Crippen MR) is 87.0 cm³/mol. The first-order valence-corrected chi connectivity index (χ1v) is 8.44. The van der Waals surface area contributed by atoms with Crippen LogP contribution in [0.3, 0.4) is 0 Å². The Morgan fingerprint density at radius 3 is 2.87 bits per heavy atom. The number of carbonyl (C=O) groups excluding carboxylic acids is 2. The van der Waals surface area contributed by atoms with Crippen LogP contribution in [0.25, 0.3) is 0 Å². The molecule has 1 fully saturated rings. The number of nitrogens with two attached hydrogens (primary N) is 1. The molecule has 1 aliphatic carbocycles. The maximum Gasteiger partial charge on any atom is 0.314 e. The molecule has 3 rings (SSSR count). The predicted octanol–water partition coefficient (Wildman–Crippen LogP) is 2.44. The standard InChI is InChI=1S/C18H24N2O3/c19-18(22)20-10-4-8-14(11-20)17(21)23-12-15-7-3-6-13-5-1-2-9-16(13)15/h1-2,5,9,14-15H,3-4,6-8,10-12H2,(H2,19,22)/t14-,15+/m1/s1. The van der Waals surface area contributed by atoms with E-state index >= 15 is 0 Å². The molecule has 1 aromatic rings. The van der Waals surface area contributed by atoms with Crippen LogP contribution in [0.1, 0.15) is 42.7 Å². The second kappa shape index (κ2) is 7.02. The summed E-state index contributed by atoms with van der Waals surface area (Å²) >= 11 is 0. The number of fused-ring (bicyclic) bond motifs is 1. The summed E-state index contributed by atoms with van der Waals surface area (Å²) in [4.78, 5) is 25.1. The third-order valence-corrected chi connectivity index (χ3v) is 4.99. The quantitative estimate of drug-likeness (QED) is 0.871. The van der Waals surface area contributed by atoms with E-state index < -0.39 is 6.03 Å². The zero-order valence-electron chi connectivity index (χ0n) is 13.4. The molecule has 1 aromatic carbocycles. The van der Waals surface area contributed by atoms with Gasteiger partial charge in [0.05, 0.1) is 12.5 Å². The van der Waals surface area contributed by atoms with Crippen molar-refractivity contribution in [2.45, 2.75) is 38.0 Å². The Balaban J connectivity index is 1.56. The molecule has 23 heavy (non-hydrogen) atoms. The van der Waals surface area contributed by atoms with Crippen molar-refractivity contribution in [1.82, 2.24) is 4.90 Å². The highest BCUT2D eigenvalue weighted by molar-refractivity contribution is 5.76. The van der Waals surface area contributed by atoms with Gasteiger partial charge >= 0.3 is 12.0 Å². The molecule has 2 aliphatic rings. The summed E-state index contributed by atoms with van der Waals surface area (Å²) < 4.78 is 5.59. The SMILES string of the molecule is NC(=O)N1CCC[C@@H](C(=O)OC[C@@H]2CCCc3ccccc32)C1. The van der Waals surface area contributed by atoms with Gasteiger partial charge in [-0.05, 0) is 43.2 Å². The number of likely N-dealkylation sites (tertiary alicyclic amines) is 1. The largest absolute Gasteiger partial charge is 0.465 e. The molecule has 0 aromatic heterocycles. The van der Waals surface area contributed by atoms with Gasteiger partial charge in [0.2, 0.25) is 0 Å². The van der Waals surface area contributed by atoms with E-state index in [0.717, 1.165) is 32.1 Å². The number of ether oxygens (including phenoxy) is 1. The van der Waals surface area contributed by atoms with Gasteiger partial charge in [-0.2, -0.15) is 0 Å². The van der Waals surface area contributed by atoms with E-state index in [2.05, 4.69) is 18.2 Å². The summed E-state index contributed by atoms with van der Waals surface area (Å²) in [6.45, 7) is 1.45. The van der Waals surface area contributed by atoms with Crippen LogP contribution in [0.2, 0.25) is 0 Å². The van der Waals surface area contributed by atoms with Gasteiger partial charge in [0, 0.05) is 19.0 Å². The molecule has 5 heteroatoms. The van der Waals surface area contributed by atoms with E-state index in [1.54, 1.807) is 0 Å². The molecule has 1 saturated heterocycles. The maximum atomic E-state index is 12.3. The van der Waals surface area contributed by atoms with E-state index in [4.69, 9.17) is 10.5 Å². The minimum atomic E-state index is -0.455. The van der Waals surface area contributed by atoms with Crippen LogP contribution >= 0.6 is 0 Å². The molecular weight excluding hydrogens is 292 g/mol. The van der Waals surface area contributed by atoms with Crippen LogP contribution in [0.4, 0.5) is 4.79 Å². The van der Waals surface area contributed by atoms with Crippen LogP contribution < -0.4 is 5.73 Å². The van der Waals surface area contributed by atoms with Crippen molar-refractivity contribution in [3.8, 4) is 0 Å². The van der Waals surface area contributed by atoms with Gasteiger partial charge in [-0.1, -0.05) is 24.3 Å². The van der Waals surface area contributed by atoms with Gasteiger partial charge in [0.1, 0.15) is 0 Å². The minimum Gasteiger partial charge on any atom is -0.465 e. The van der Waals surface area contributed by atoms with Crippen LogP contribution in [-0.4, -0.2) is 36.6 Å². The number of urea groups is 1. The lowest BCUT2D eigenvalue weighted by Gasteiger charge is -2.31. The zero-order valence-corrected chi connectivity index (χ0v) is 13.4. The molecule has 0 saturated carbocycles. The third-order valence-electron chi connectivity index (χ3n) is 4.99. The fourth-order valence-corrected chi connectivity index (χ4v) is 3.70. The van der Waals surface area contributed by atoms with Crippen molar-refractivity contribution in [3.05, 3.63) is 35.4 Å². The average Bonchev–Trinajstić information content (AvgIpc) is 2.59. The number of benzene rings is 1. The zero-order chi connectivity index (χ0) is 16.2. The van der Waals surface area contributed by atoms with E-state index in [9.17, 15) is 9.59 Å². The van der Waals surface area contributed by atoms with Crippen molar-refractivity contribution in [2.24, 2.45) is 11.7 Å². The van der Waals surface area contributed by atoms with Crippen LogP contribution in [0.5, 0.6) is 0 Å². The molecule has 5 nitrogen and oxygen atoms in total. The fourth-order valence-electron chi connectivity index (χ4n) is 3.70. The van der Waals surface area contributed by atoms with Crippen molar-refractivity contribution >= 4 is 12.0 Å². The molecule has 2 amide bonds. The Morgan fingerprint density at radius 1 is 1.22 bits per heavy atom. The molecule has 124 valence electrons. The number of carbonyl (C=O) groups is 2. The van der Waals surface area contributed by atoms with Gasteiger partial charge in [-0.3, -0.25) is 4.79 Å². The van der Waals surface area contributed by atoms with Gasteiger partial charge in [-0.25, -0.2) is 4.79 Å². The molecular formula is C18H24N2O3. The molecule has 1 heterocycles. The van der Waals surface area contributed by atoms with Crippen molar-refractivity contribution in [1.29, 1.82) is 0 Å². The van der Waals surface area contributed by atoms with Gasteiger partial charge in [0.15, 0.2) is 0 Å². The number of primary amides is 1. The molecule has 2 N–H and O–H groups in total. The first kappa shape index (κ1) is 15.8. The van der Waals surface area contributed by atoms with Crippen molar-refractivity contribution in [3.63, 3.8) is 0 Å². The number of hydrogen-bond donors (Lipinski definition) is 1. The maximum absolute atomic E-state index is 12.3. The van der Waals surface area contributed by atoms with Crippen molar-refractivity contribution < 1.29 is 14.3 Å². The van der Waals surface area contributed by atoms with Crippen LogP contribution in [0, 0.1) is 5.92 Å². The summed E-state index contributed by atoms with van der Waals surface area (Å²) in [7, 11) is 0. The van der Waals surface area contributed by atoms with Gasteiger partial charge in [0.25, 0.3) is 0 Å². The topological polar surface area (TPSA) is 72.6 Å². The molecule has 1 aliphatic heterocycles. The second-order valence-electron chi connectivity index (χ2n) is 6.54. The first-order valence-electron chi connectivity index (χ1n) is 8.44. The molecule has 0 spiro atoms. The second-order valence-corrected chi connectivity index (χ2v) is 6.54. The van der Waals surface area contributed by atoms with E-state index in [-0.39, 0.29) is 11.9 Å². The Kier molecular flexibility index (Phi) is 4.84. The number of esters is 1. The highest BCUT2D eigenvalue weighted by atomic mass is 16.5. The van der Waals surface area contributed by atoms with Gasteiger partial charge < -0.3 is 15.4 Å². The lowest BCUT2D eigenvalue weighted by Crippen LogP contribution is -2.45. The number of rotatable bonds is 3. The smallest absolute Gasteiger partial charge is 0.314 e. The van der Waals surface area contributed by atoms with Crippen LogP contribution in [-0.2, 0) is 16.0 Å². The molecule has 0 radical (unpaired) electrons. The average molecular weight is 316 g/mol. The van der Waals surface area contributed by atoms with Gasteiger partial charge in [-0.15, -0.1) is 0 Å². The Morgan fingerprint density at radius 2 is 2.04 bits per heavy atom. The van der Waals surface area contributed by atoms with E-state index in [0.29, 0.717) is 25.6 Å². The fraction of sp³-hybridized carbons (Fsp3) is 0.556. The number of amides is 2. The Labute approximate surface area is 136 Å². The van der Waals surface area contributed by atoms with E-state index in [1.807, 2.05) is 6.07 Å². The number of piperidine rings is 1. The minimum absolute atomic E-state index is 0.195. The summed E-state index contributed by atoms with van der Waals surface area (Å²) in [6, 6.07) is 7.96. The lowest BCUT2D eigenvalue weighted by atomic mass is 9.83. The Bertz CT molecular complexity index is 587. The number of hydrogen-bond acceptors (Lipinski definition) is 3. The number of nitrogens with zero attached hydrogens (tertiary/aromatic N) is 1. The lowest BCUT2D eigenvalue weighted by molar-refractivity contribution is -0.150.